The lowest BCUT2D eigenvalue weighted by atomic mass is 9.84. The van der Waals surface area contributed by atoms with E-state index in [2.05, 4.69) is 33.8 Å². The Hall–Kier alpha value is -1.41. The number of ether oxygens (including phenoxy) is 1. The van der Waals surface area contributed by atoms with Gasteiger partial charge < -0.3 is 4.74 Å². The summed E-state index contributed by atoms with van der Waals surface area (Å²) in [6, 6.07) is 7.68. The van der Waals surface area contributed by atoms with Gasteiger partial charge in [-0.15, -0.1) is 0 Å². The molecule has 0 amide bonds. The van der Waals surface area contributed by atoms with Gasteiger partial charge in [-0.1, -0.05) is 55.3 Å². The summed E-state index contributed by atoms with van der Waals surface area (Å²) in [7, 11) is 0. The summed E-state index contributed by atoms with van der Waals surface area (Å²) in [6.07, 6.45) is 5.11. The topological polar surface area (TPSA) is 26.3 Å². The Morgan fingerprint density at radius 3 is 2.35 bits per heavy atom. The number of carbonyl (C=O) groups is 1. The molecule has 0 saturated carbocycles. The number of Topliss-reactive ketones (excluding diaryl/α,β-unsaturated/α-hetero) is 1. The molecule has 0 fully saturated rings. The van der Waals surface area contributed by atoms with Crippen LogP contribution in [0.15, 0.2) is 35.9 Å². The quantitative estimate of drug-likeness (QED) is 0.428. The maximum atomic E-state index is 12.3. The molecule has 0 spiro atoms. The molecule has 23 heavy (non-hydrogen) atoms. The van der Waals surface area contributed by atoms with Crippen molar-refractivity contribution in [2.75, 3.05) is 6.61 Å². The molecule has 1 aromatic rings. The zero-order valence-electron chi connectivity index (χ0n) is 15.6. The maximum absolute atomic E-state index is 12.3. The van der Waals surface area contributed by atoms with Crippen LogP contribution in [0, 0.1) is 12.3 Å². The summed E-state index contributed by atoms with van der Waals surface area (Å²) in [5.41, 5.74) is 3.49. The third kappa shape index (κ3) is 7.60. The van der Waals surface area contributed by atoms with Gasteiger partial charge in [0.2, 0.25) is 0 Å². The number of carbonyl (C=O) groups excluding carboxylic acids is 1. The molecular formula is C21H32O2. The fourth-order valence-corrected chi connectivity index (χ4v) is 2.42. The minimum Gasteiger partial charge on any atom is -0.370 e. The van der Waals surface area contributed by atoms with Crippen LogP contribution in [0.4, 0.5) is 0 Å². The highest BCUT2D eigenvalue weighted by molar-refractivity contribution is 5.99. The number of rotatable bonds is 9. The van der Waals surface area contributed by atoms with Gasteiger partial charge in [-0.3, -0.25) is 4.79 Å². The van der Waals surface area contributed by atoms with Gasteiger partial charge in [-0.25, -0.2) is 0 Å². The second kappa shape index (κ2) is 9.02. The zero-order chi connectivity index (χ0) is 17.5. The number of allylic oxidation sites excluding steroid dienone is 2. The highest BCUT2D eigenvalue weighted by atomic mass is 16.5. The number of hydrogen-bond donors (Lipinski definition) is 0. The van der Waals surface area contributed by atoms with Crippen molar-refractivity contribution in [3.8, 4) is 0 Å². The fourth-order valence-electron chi connectivity index (χ4n) is 2.42. The third-order valence-corrected chi connectivity index (χ3v) is 4.23. The predicted octanol–water partition coefficient (Wildman–Crippen LogP) is 5.75. The smallest absolute Gasteiger partial charge is 0.191 e. The second-order valence-corrected chi connectivity index (χ2v) is 7.48. The Balaban J connectivity index is 2.40. The first-order valence-electron chi connectivity index (χ1n) is 8.57. The van der Waals surface area contributed by atoms with Gasteiger partial charge in [0, 0.05) is 12.2 Å². The van der Waals surface area contributed by atoms with Crippen molar-refractivity contribution in [2.45, 2.75) is 66.9 Å². The maximum Gasteiger partial charge on any atom is 0.191 e. The van der Waals surface area contributed by atoms with Crippen LogP contribution < -0.4 is 0 Å². The first kappa shape index (κ1) is 19.6. The highest BCUT2D eigenvalue weighted by Gasteiger charge is 2.20. The van der Waals surface area contributed by atoms with Crippen molar-refractivity contribution < 1.29 is 9.53 Å². The fraction of sp³-hybridized carbons (Fsp3) is 0.571. The largest absolute Gasteiger partial charge is 0.370 e. The Kier molecular flexibility index (Phi) is 7.70. The van der Waals surface area contributed by atoms with E-state index in [1.807, 2.05) is 38.1 Å². The number of hydrogen-bond acceptors (Lipinski definition) is 2. The molecule has 1 aromatic carbocycles. The van der Waals surface area contributed by atoms with Crippen molar-refractivity contribution in [1.29, 1.82) is 0 Å². The molecule has 0 aliphatic rings. The monoisotopic (exact) mass is 316 g/mol. The molecular weight excluding hydrogens is 284 g/mol. The molecule has 0 aliphatic heterocycles. The molecule has 0 radical (unpaired) electrons. The average molecular weight is 316 g/mol. The van der Waals surface area contributed by atoms with Gasteiger partial charge in [0.15, 0.2) is 5.78 Å². The van der Waals surface area contributed by atoms with Crippen molar-refractivity contribution in [1.82, 2.24) is 0 Å². The highest BCUT2D eigenvalue weighted by Crippen LogP contribution is 2.27. The van der Waals surface area contributed by atoms with E-state index in [1.165, 1.54) is 5.57 Å². The van der Waals surface area contributed by atoms with Crippen molar-refractivity contribution >= 4 is 5.78 Å². The Morgan fingerprint density at radius 1 is 1.17 bits per heavy atom. The van der Waals surface area contributed by atoms with Crippen LogP contribution >= 0.6 is 0 Å². The van der Waals surface area contributed by atoms with E-state index in [0.29, 0.717) is 6.61 Å². The molecule has 0 heterocycles. The molecule has 128 valence electrons. The molecule has 0 aliphatic carbocycles. The number of ketones is 1. The van der Waals surface area contributed by atoms with Gasteiger partial charge >= 0.3 is 0 Å². The predicted molar refractivity (Wildman–Crippen MR) is 98.0 cm³/mol. The Morgan fingerprint density at radius 2 is 1.78 bits per heavy atom. The van der Waals surface area contributed by atoms with Crippen LogP contribution in [0.2, 0.25) is 0 Å². The van der Waals surface area contributed by atoms with Gasteiger partial charge in [-0.2, -0.15) is 0 Å². The Bertz CT molecular complexity index is 519. The molecule has 2 nitrogen and oxygen atoms in total. The van der Waals surface area contributed by atoms with Gasteiger partial charge in [0.1, 0.15) is 6.10 Å². The van der Waals surface area contributed by atoms with E-state index in [4.69, 9.17) is 4.74 Å². The lowest BCUT2D eigenvalue weighted by molar-refractivity contribution is 0.0373. The van der Waals surface area contributed by atoms with Gasteiger partial charge in [0.25, 0.3) is 0 Å². The average Bonchev–Trinajstić information content (AvgIpc) is 2.46. The first-order valence-corrected chi connectivity index (χ1v) is 8.57. The SMILES string of the molecule is CC(C)=CCCC(C)(C)CCOC(C)C(=O)c1ccc(C)cc1. The summed E-state index contributed by atoms with van der Waals surface area (Å²) >= 11 is 0. The van der Waals surface area contributed by atoms with Crippen molar-refractivity contribution in [3.05, 3.63) is 47.0 Å². The summed E-state index contributed by atoms with van der Waals surface area (Å²) in [4.78, 5) is 12.3. The molecule has 1 atom stereocenters. The summed E-state index contributed by atoms with van der Waals surface area (Å²) in [5.74, 6) is 0.0624. The molecule has 1 rings (SSSR count). The van der Waals surface area contributed by atoms with E-state index in [-0.39, 0.29) is 17.3 Å². The van der Waals surface area contributed by atoms with E-state index in [9.17, 15) is 4.79 Å². The molecule has 0 saturated heterocycles. The van der Waals surface area contributed by atoms with Crippen LogP contribution in [-0.4, -0.2) is 18.5 Å². The molecule has 1 unspecified atom stereocenters. The molecule has 0 N–H and O–H groups in total. The van der Waals surface area contributed by atoms with Crippen molar-refractivity contribution in [2.24, 2.45) is 5.41 Å². The summed E-state index contributed by atoms with van der Waals surface area (Å²) in [5, 5.41) is 0. The van der Waals surface area contributed by atoms with E-state index < -0.39 is 0 Å². The minimum atomic E-state index is -0.383. The van der Waals surface area contributed by atoms with Crippen LogP contribution in [0.3, 0.4) is 0 Å². The van der Waals surface area contributed by atoms with Crippen molar-refractivity contribution in [3.63, 3.8) is 0 Å². The van der Waals surface area contributed by atoms with E-state index in [1.54, 1.807) is 0 Å². The van der Waals surface area contributed by atoms with Crippen LogP contribution in [-0.2, 0) is 4.74 Å². The molecule has 0 aromatic heterocycles. The number of aryl methyl sites for hydroxylation is 1. The first-order chi connectivity index (χ1) is 10.7. The third-order valence-electron chi connectivity index (χ3n) is 4.23. The molecule has 0 bridgehead atoms. The van der Waals surface area contributed by atoms with Gasteiger partial charge in [-0.05, 0) is 52.4 Å². The summed E-state index contributed by atoms with van der Waals surface area (Å²) in [6.45, 7) is 13.3. The zero-order valence-corrected chi connectivity index (χ0v) is 15.6. The Labute approximate surface area is 141 Å². The lowest BCUT2D eigenvalue weighted by Gasteiger charge is -2.24. The van der Waals surface area contributed by atoms with Crippen LogP contribution in [0.5, 0.6) is 0 Å². The standard InChI is InChI=1S/C21H32O2/c1-16(2)8-7-13-21(5,6)14-15-23-18(4)20(22)19-11-9-17(3)10-12-19/h8-12,18H,7,13-15H2,1-6H3. The lowest BCUT2D eigenvalue weighted by Crippen LogP contribution is -2.23. The molecule has 2 heteroatoms. The van der Waals surface area contributed by atoms with Crippen LogP contribution in [0.1, 0.15) is 69.8 Å². The van der Waals surface area contributed by atoms with E-state index >= 15 is 0 Å². The second-order valence-electron chi connectivity index (χ2n) is 7.48. The normalized spacial score (nSPS) is 12.8. The van der Waals surface area contributed by atoms with Crippen LogP contribution in [0.25, 0.3) is 0 Å². The minimum absolute atomic E-state index is 0.0624. The van der Waals surface area contributed by atoms with Gasteiger partial charge in [0.05, 0.1) is 0 Å². The summed E-state index contributed by atoms with van der Waals surface area (Å²) < 4.78 is 5.79. The number of benzene rings is 1. The van der Waals surface area contributed by atoms with E-state index in [0.717, 1.165) is 30.4 Å².